The van der Waals surface area contributed by atoms with E-state index in [9.17, 15) is 4.39 Å². The molecule has 5 rings (SSSR count). The molecule has 0 saturated carbocycles. The average Bonchev–Trinajstić information content (AvgIpc) is 3.30. The van der Waals surface area contributed by atoms with Gasteiger partial charge in [0.1, 0.15) is 5.82 Å². The molecule has 1 aliphatic rings. The SMILES string of the molecule is Fc1ccc(-c2nc(NCc3ccccn3)nc(N3CCOCC3)n2)c2cc[nH]c12. The lowest BCUT2D eigenvalue weighted by atomic mass is 10.1. The Morgan fingerprint density at radius 3 is 2.80 bits per heavy atom. The van der Waals surface area contributed by atoms with E-state index in [1.165, 1.54) is 6.07 Å². The van der Waals surface area contributed by atoms with E-state index in [0.717, 1.165) is 16.6 Å². The molecule has 8 nitrogen and oxygen atoms in total. The van der Waals surface area contributed by atoms with Crippen molar-refractivity contribution in [3.05, 3.63) is 60.3 Å². The molecular formula is C21H20FN7O. The van der Waals surface area contributed by atoms with Crippen molar-refractivity contribution in [2.45, 2.75) is 6.54 Å². The Balaban J connectivity index is 1.55. The molecule has 0 bridgehead atoms. The molecule has 30 heavy (non-hydrogen) atoms. The maximum atomic E-state index is 14.1. The summed E-state index contributed by atoms with van der Waals surface area (Å²) in [6.07, 6.45) is 3.46. The lowest BCUT2D eigenvalue weighted by Crippen LogP contribution is -2.37. The zero-order valence-corrected chi connectivity index (χ0v) is 16.2. The second kappa shape index (κ2) is 8.03. The molecular weight excluding hydrogens is 385 g/mol. The van der Waals surface area contributed by atoms with E-state index in [1.54, 1.807) is 18.5 Å². The van der Waals surface area contributed by atoms with Crippen LogP contribution in [0.25, 0.3) is 22.3 Å². The van der Waals surface area contributed by atoms with Crippen molar-refractivity contribution in [1.29, 1.82) is 0 Å². The molecule has 4 aromatic rings. The summed E-state index contributed by atoms with van der Waals surface area (Å²) in [5.41, 5.74) is 2.05. The van der Waals surface area contributed by atoms with Crippen LogP contribution >= 0.6 is 0 Å². The first-order valence-electron chi connectivity index (χ1n) is 9.76. The molecule has 3 aromatic heterocycles. The van der Waals surface area contributed by atoms with Crippen molar-refractivity contribution in [2.24, 2.45) is 0 Å². The first-order chi connectivity index (χ1) is 14.8. The standard InChI is InChI=1S/C21H20FN7O/c22-17-5-4-16(15-6-8-24-18(15)17)19-26-20(25-13-14-3-1-2-7-23-14)28-21(27-19)29-9-11-30-12-10-29/h1-8,24H,9-13H2,(H,25,26,27,28). The summed E-state index contributed by atoms with van der Waals surface area (Å²) in [5, 5.41) is 3.97. The predicted molar refractivity (Wildman–Crippen MR) is 112 cm³/mol. The number of hydrogen-bond donors (Lipinski definition) is 2. The van der Waals surface area contributed by atoms with Crippen molar-refractivity contribution in [3.8, 4) is 11.4 Å². The van der Waals surface area contributed by atoms with Gasteiger partial charge in [-0.2, -0.15) is 15.0 Å². The molecule has 1 fully saturated rings. The maximum absolute atomic E-state index is 14.1. The summed E-state index contributed by atoms with van der Waals surface area (Å²) in [4.78, 5) is 23.3. The molecule has 0 unspecified atom stereocenters. The lowest BCUT2D eigenvalue weighted by molar-refractivity contribution is 0.122. The molecule has 9 heteroatoms. The fraction of sp³-hybridized carbons (Fsp3) is 0.238. The van der Waals surface area contributed by atoms with Crippen LogP contribution in [0.1, 0.15) is 5.69 Å². The monoisotopic (exact) mass is 405 g/mol. The van der Waals surface area contributed by atoms with Crippen molar-refractivity contribution in [1.82, 2.24) is 24.9 Å². The number of aromatic amines is 1. The molecule has 1 saturated heterocycles. The summed E-state index contributed by atoms with van der Waals surface area (Å²) < 4.78 is 19.6. The van der Waals surface area contributed by atoms with Crippen molar-refractivity contribution < 1.29 is 9.13 Å². The first kappa shape index (κ1) is 18.4. The van der Waals surface area contributed by atoms with Gasteiger partial charge < -0.3 is 19.9 Å². The zero-order valence-electron chi connectivity index (χ0n) is 16.2. The second-order valence-electron chi connectivity index (χ2n) is 6.92. The Hall–Kier alpha value is -3.59. The van der Waals surface area contributed by atoms with E-state index >= 15 is 0 Å². The molecule has 1 aliphatic heterocycles. The lowest BCUT2D eigenvalue weighted by Gasteiger charge is -2.27. The van der Waals surface area contributed by atoms with Gasteiger partial charge in [-0.25, -0.2) is 4.39 Å². The molecule has 4 heterocycles. The summed E-state index contributed by atoms with van der Waals surface area (Å²) in [7, 11) is 0. The Labute approximate surface area is 172 Å². The van der Waals surface area contributed by atoms with Gasteiger partial charge in [0.15, 0.2) is 5.82 Å². The van der Waals surface area contributed by atoms with Gasteiger partial charge in [-0.3, -0.25) is 4.98 Å². The summed E-state index contributed by atoms with van der Waals surface area (Å²) in [5.74, 6) is 1.19. The van der Waals surface area contributed by atoms with E-state index in [4.69, 9.17) is 9.72 Å². The fourth-order valence-corrected chi connectivity index (χ4v) is 3.46. The third-order valence-corrected chi connectivity index (χ3v) is 4.98. The summed E-state index contributed by atoms with van der Waals surface area (Å²) in [6, 6.07) is 10.7. The number of ether oxygens (including phenoxy) is 1. The highest BCUT2D eigenvalue weighted by atomic mass is 19.1. The van der Waals surface area contributed by atoms with Crippen LogP contribution in [0.2, 0.25) is 0 Å². The number of rotatable bonds is 5. The van der Waals surface area contributed by atoms with Gasteiger partial charge >= 0.3 is 0 Å². The highest BCUT2D eigenvalue weighted by Gasteiger charge is 2.19. The third kappa shape index (κ3) is 3.67. The van der Waals surface area contributed by atoms with Crippen LogP contribution in [0, 0.1) is 5.82 Å². The Morgan fingerprint density at radius 1 is 1.07 bits per heavy atom. The number of aromatic nitrogens is 5. The van der Waals surface area contributed by atoms with E-state index in [-0.39, 0.29) is 5.82 Å². The fourth-order valence-electron chi connectivity index (χ4n) is 3.46. The van der Waals surface area contributed by atoms with Crippen LogP contribution in [0.15, 0.2) is 48.8 Å². The van der Waals surface area contributed by atoms with Gasteiger partial charge in [0.25, 0.3) is 0 Å². The number of morpholine rings is 1. The van der Waals surface area contributed by atoms with Gasteiger partial charge in [0.2, 0.25) is 11.9 Å². The number of benzene rings is 1. The largest absolute Gasteiger partial charge is 0.378 e. The zero-order chi connectivity index (χ0) is 20.3. The Kier molecular flexibility index (Phi) is 4.94. The highest BCUT2D eigenvalue weighted by Crippen LogP contribution is 2.29. The number of nitrogens with one attached hydrogen (secondary N) is 2. The number of halogens is 1. The predicted octanol–water partition coefficient (Wildman–Crippen LogP) is 3.00. The van der Waals surface area contributed by atoms with E-state index in [0.29, 0.717) is 56.1 Å². The number of hydrogen-bond acceptors (Lipinski definition) is 7. The van der Waals surface area contributed by atoms with Gasteiger partial charge in [0, 0.05) is 36.4 Å². The normalized spacial score (nSPS) is 14.2. The molecule has 2 N–H and O–H groups in total. The van der Waals surface area contributed by atoms with Crippen LogP contribution in [0.5, 0.6) is 0 Å². The smallest absolute Gasteiger partial charge is 0.230 e. The minimum atomic E-state index is -0.310. The van der Waals surface area contributed by atoms with Crippen molar-refractivity contribution in [3.63, 3.8) is 0 Å². The topological polar surface area (TPSA) is 91.8 Å². The minimum absolute atomic E-state index is 0.310. The quantitative estimate of drug-likeness (QED) is 0.527. The van der Waals surface area contributed by atoms with Crippen molar-refractivity contribution in [2.75, 3.05) is 36.5 Å². The third-order valence-electron chi connectivity index (χ3n) is 4.98. The van der Waals surface area contributed by atoms with E-state index in [1.807, 2.05) is 24.3 Å². The van der Waals surface area contributed by atoms with E-state index < -0.39 is 0 Å². The summed E-state index contributed by atoms with van der Waals surface area (Å²) >= 11 is 0. The maximum Gasteiger partial charge on any atom is 0.230 e. The number of nitrogens with zero attached hydrogens (tertiary/aromatic N) is 5. The van der Waals surface area contributed by atoms with E-state index in [2.05, 4.69) is 30.2 Å². The molecule has 1 aromatic carbocycles. The highest BCUT2D eigenvalue weighted by molar-refractivity contribution is 5.93. The van der Waals surface area contributed by atoms with Crippen LogP contribution in [0.4, 0.5) is 16.3 Å². The van der Waals surface area contributed by atoms with Crippen molar-refractivity contribution >= 4 is 22.8 Å². The van der Waals surface area contributed by atoms with Gasteiger partial charge in [-0.15, -0.1) is 0 Å². The minimum Gasteiger partial charge on any atom is -0.378 e. The molecule has 0 spiro atoms. The van der Waals surface area contributed by atoms with Crippen LogP contribution in [-0.4, -0.2) is 51.2 Å². The van der Waals surface area contributed by atoms with Crippen LogP contribution < -0.4 is 10.2 Å². The number of pyridine rings is 1. The molecule has 0 aliphatic carbocycles. The number of anilines is 2. The number of fused-ring (bicyclic) bond motifs is 1. The van der Waals surface area contributed by atoms with Crippen LogP contribution in [0.3, 0.4) is 0 Å². The van der Waals surface area contributed by atoms with Gasteiger partial charge in [0.05, 0.1) is 31.0 Å². The first-order valence-corrected chi connectivity index (χ1v) is 9.76. The van der Waals surface area contributed by atoms with Gasteiger partial charge in [-0.05, 0) is 30.3 Å². The van der Waals surface area contributed by atoms with Crippen LogP contribution in [-0.2, 0) is 11.3 Å². The molecule has 0 amide bonds. The number of H-pyrrole nitrogens is 1. The second-order valence-corrected chi connectivity index (χ2v) is 6.92. The Morgan fingerprint density at radius 2 is 1.97 bits per heavy atom. The van der Waals surface area contributed by atoms with Gasteiger partial charge in [-0.1, -0.05) is 6.07 Å². The average molecular weight is 405 g/mol. The summed E-state index contributed by atoms with van der Waals surface area (Å²) in [6.45, 7) is 3.13. The molecule has 152 valence electrons. The molecule has 0 radical (unpaired) electrons. The molecule has 0 atom stereocenters. The Bertz CT molecular complexity index is 1160.